The van der Waals surface area contributed by atoms with Gasteiger partial charge >= 0.3 is 0 Å². The Bertz CT molecular complexity index is 305. The zero-order valence-corrected chi connectivity index (χ0v) is 13.3. The highest BCUT2D eigenvalue weighted by atomic mass is 127. The molecule has 0 spiro atoms. The average Bonchev–Trinajstić information content (AvgIpc) is 2.30. The van der Waals surface area contributed by atoms with Crippen LogP contribution in [0.3, 0.4) is 0 Å². The van der Waals surface area contributed by atoms with Crippen molar-refractivity contribution in [2.45, 2.75) is 33.6 Å². The Morgan fingerprint density at radius 1 is 1.18 bits per heavy atom. The molecule has 1 unspecified atom stereocenters. The quantitative estimate of drug-likeness (QED) is 0.579. The molecule has 2 heteroatoms. The first-order valence-corrected chi connectivity index (χ1v) is 7.66. The van der Waals surface area contributed by atoms with Crippen molar-refractivity contribution in [2.24, 2.45) is 11.8 Å². The van der Waals surface area contributed by atoms with Crippen LogP contribution in [-0.2, 0) is 6.42 Å². The van der Waals surface area contributed by atoms with E-state index in [9.17, 15) is 0 Å². The van der Waals surface area contributed by atoms with E-state index in [1.54, 1.807) is 0 Å². The molecule has 96 valence electrons. The van der Waals surface area contributed by atoms with Crippen LogP contribution in [0.15, 0.2) is 24.3 Å². The molecule has 1 aromatic rings. The summed E-state index contributed by atoms with van der Waals surface area (Å²) in [6, 6.07) is 8.92. The van der Waals surface area contributed by atoms with Crippen molar-refractivity contribution in [1.29, 1.82) is 0 Å². The molecule has 0 radical (unpaired) electrons. The van der Waals surface area contributed by atoms with Gasteiger partial charge in [0.1, 0.15) is 0 Å². The van der Waals surface area contributed by atoms with Crippen molar-refractivity contribution in [3.05, 3.63) is 33.4 Å². The van der Waals surface area contributed by atoms with E-state index in [-0.39, 0.29) is 0 Å². The first-order valence-electron chi connectivity index (χ1n) is 6.58. The van der Waals surface area contributed by atoms with E-state index >= 15 is 0 Å². The SMILES string of the molecule is CCCNCC(Cc1ccc(I)cc1)C(C)C. The molecule has 1 aromatic carbocycles. The predicted molar refractivity (Wildman–Crippen MR) is 84.4 cm³/mol. The Labute approximate surface area is 120 Å². The topological polar surface area (TPSA) is 12.0 Å². The van der Waals surface area contributed by atoms with Crippen LogP contribution in [0.25, 0.3) is 0 Å². The second-order valence-electron chi connectivity index (χ2n) is 5.04. The molecular formula is C15H24IN. The van der Waals surface area contributed by atoms with Crippen molar-refractivity contribution >= 4 is 22.6 Å². The summed E-state index contributed by atoms with van der Waals surface area (Å²) in [5.74, 6) is 1.47. The summed E-state index contributed by atoms with van der Waals surface area (Å²) in [6.45, 7) is 9.14. The van der Waals surface area contributed by atoms with E-state index in [1.165, 1.54) is 22.0 Å². The lowest BCUT2D eigenvalue weighted by atomic mass is 9.89. The number of hydrogen-bond acceptors (Lipinski definition) is 1. The number of benzene rings is 1. The molecule has 0 aliphatic rings. The molecule has 1 atom stereocenters. The Morgan fingerprint density at radius 3 is 2.35 bits per heavy atom. The maximum Gasteiger partial charge on any atom is 0.0130 e. The Hall–Kier alpha value is -0.0900. The number of nitrogens with one attached hydrogen (secondary N) is 1. The minimum Gasteiger partial charge on any atom is -0.316 e. The minimum atomic E-state index is 0.735. The van der Waals surface area contributed by atoms with Gasteiger partial charge in [0.15, 0.2) is 0 Å². The zero-order valence-electron chi connectivity index (χ0n) is 11.2. The lowest BCUT2D eigenvalue weighted by Crippen LogP contribution is -2.28. The summed E-state index contributed by atoms with van der Waals surface area (Å²) in [5.41, 5.74) is 1.46. The summed E-state index contributed by atoms with van der Waals surface area (Å²) in [4.78, 5) is 0. The normalized spacial score (nSPS) is 13.0. The van der Waals surface area contributed by atoms with Gasteiger partial charge in [-0.3, -0.25) is 0 Å². The van der Waals surface area contributed by atoms with Crippen LogP contribution in [0.1, 0.15) is 32.8 Å². The molecule has 0 aliphatic carbocycles. The van der Waals surface area contributed by atoms with Gasteiger partial charge in [-0.15, -0.1) is 0 Å². The third kappa shape index (κ3) is 5.87. The second kappa shape index (κ2) is 8.09. The standard InChI is InChI=1S/C15H24IN/c1-4-9-17-11-14(12(2)3)10-13-5-7-15(16)8-6-13/h5-8,12,14,17H,4,9-11H2,1-3H3. The van der Waals surface area contributed by atoms with Crippen LogP contribution < -0.4 is 5.32 Å². The third-order valence-corrected chi connectivity index (χ3v) is 3.91. The van der Waals surface area contributed by atoms with Crippen LogP contribution in [0.4, 0.5) is 0 Å². The van der Waals surface area contributed by atoms with E-state index < -0.39 is 0 Å². The lowest BCUT2D eigenvalue weighted by molar-refractivity contribution is 0.361. The predicted octanol–water partition coefficient (Wildman–Crippen LogP) is 4.11. The largest absolute Gasteiger partial charge is 0.316 e. The summed E-state index contributed by atoms with van der Waals surface area (Å²) in [7, 11) is 0. The summed E-state index contributed by atoms with van der Waals surface area (Å²) in [6.07, 6.45) is 2.40. The van der Waals surface area contributed by atoms with Gasteiger partial charge in [0.2, 0.25) is 0 Å². The van der Waals surface area contributed by atoms with Gasteiger partial charge in [-0.2, -0.15) is 0 Å². The molecule has 1 nitrogen and oxygen atoms in total. The van der Waals surface area contributed by atoms with Crippen molar-refractivity contribution in [3.8, 4) is 0 Å². The number of hydrogen-bond donors (Lipinski definition) is 1. The van der Waals surface area contributed by atoms with Crippen molar-refractivity contribution in [2.75, 3.05) is 13.1 Å². The molecule has 0 aromatic heterocycles. The van der Waals surface area contributed by atoms with E-state index in [0.717, 1.165) is 24.9 Å². The summed E-state index contributed by atoms with van der Waals surface area (Å²) < 4.78 is 1.32. The molecule has 0 aliphatic heterocycles. The van der Waals surface area contributed by atoms with E-state index in [1.807, 2.05) is 0 Å². The highest BCUT2D eigenvalue weighted by molar-refractivity contribution is 14.1. The van der Waals surface area contributed by atoms with Gasteiger partial charge in [-0.1, -0.05) is 32.9 Å². The number of rotatable bonds is 7. The molecule has 0 heterocycles. The van der Waals surface area contributed by atoms with Crippen molar-refractivity contribution in [1.82, 2.24) is 5.32 Å². The molecule has 1 rings (SSSR count). The Kier molecular flexibility index (Phi) is 7.12. The van der Waals surface area contributed by atoms with Crippen LogP contribution in [0.2, 0.25) is 0 Å². The monoisotopic (exact) mass is 345 g/mol. The van der Waals surface area contributed by atoms with E-state index in [4.69, 9.17) is 0 Å². The molecule has 0 bridgehead atoms. The van der Waals surface area contributed by atoms with E-state index in [2.05, 4.69) is 72.9 Å². The Balaban J connectivity index is 2.51. The van der Waals surface area contributed by atoms with Gasteiger partial charge in [0.05, 0.1) is 0 Å². The minimum absolute atomic E-state index is 0.735. The fourth-order valence-corrected chi connectivity index (χ4v) is 2.29. The van der Waals surface area contributed by atoms with Crippen LogP contribution in [0.5, 0.6) is 0 Å². The molecule has 0 amide bonds. The molecule has 0 saturated carbocycles. The van der Waals surface area contributed by atoms with E-state index in [0.29, 0.717) is 0 Å². The second-order valence-corrected chi connectivity index (χ2v) is 6.28. The molecule has 0 fully saturated rings. The summed E-state index contributed by atoms with van der Waals surface area (Å²) >= 11 is 2.36. The highest BCUT2D eigenvalue weighted by Crippen LogP contribution is 2.17. The number of halogens is 1. The smallest absolute Gasteiger partial charge is 0.0130 e. The Morgan fingerprint density at radius 2 is 1.82 bits per heavy atom. The van der Waals surface area contributed by atoms with Crippen LogP contribution in [0, 0.1) is 15.4 Å². The fraction of sp³-hybridized carbons (Fsp3) is 0.600. The fourth-order valence-electron chi connectivity index (χ4n) is 1.93. The summed E-state index contributed by atoms with van der Waals surface area (Å²) in [5, 5.41) is 3.55. The first kappa shape index (κ1) is 15.0. The van der Waals surface area contributed by atoms with Gasteiger partial charge in [0.25, 0.3) is 0 Å². The van der Waals surface area contributed by atoms with Gasteiger partial charge in [0, 0.05) is 3.57 Å². The maximum absolute atomic E-state index is 3.55. The first-order chi connectivity index (χ1) is 8.13. The maximum atomic E-state index is 3.55. The molecule has 17 heavy (non-hydrogen) atoms. The zero-order chi connectivity index (χ0) is 12.7. The lowest BCUT2D eigenvalue weighted by Gasteiger charge is -2.21. The van der Waals surface area contributed by atoms with Crippen molar-refractivity contribution in [3.63, 3.8) is 0 Å². The highest BCUT2D eigenvalue weighted by Gasteiger charge is 2.13. The van der Waals surface area contributed by atoms with Crippen molar-refractivity contribution < 1.29 is 0 Å². The molecule has 1 N–H and O–H groups in total. The van der Waals surface area contributed by atoms with Gasteiger partial charge in [-0.25, -0.2) is 0 Å². The molecular weight excluding hydrogens is 321 g/mol. The van der Waals surface area contributed by atoms with Gasteiger partial charge in [-0.05, 0) is 78.1 Å². The van der Waals surface area contributed by atoms with Crippen LogP contribution >= 0.6 is 22.6 Å². The molecule has 0 saturated heterocycles. The van der Waals surface area contributed by atoms with Gasteiger partial charge < -0.3 is 5.32 Å². The van der Waals surface area contributed by atoms with Crippen LogP contribution in [-0.4, -0.2) is 13.1 Å². The average molecular weight is 345 g/mol. The third-order valence-electron chi connectivity index (χ3n) is 3.19.